The largest absolute Gasteiger partial charge is 0.495 e. The van der Waals surface area contributed by atoms with Gasteiger partial charge in [0.15, 0.2) is 0 Å². The first-order valence-corrected chi connectivity index (χ1v) is 2.81. The van der Waals surface area contributed by atoms with Gasteiger partial charge in [-0.15, -0.1) is 4.39 Å². The van der Waals surface area contributed by atoms with Crippen LogP contribution in [0.2, 0.25) is 0 Å². The second-order valence-electron chi connectivity index (χ2n) is 1.80. The Morgan fingerprint density at radius 3 is 2.27 bits per heavy atom. The number of rotatable bonds is 3. The highest BCUT2D eigenvalue weighted by atomic mass is 19.4. The molecule has 0 heterocycles. The Balaban J connectivity index is 3.22. The summed E-state index contributed by atoms with van der Waals surface area (Å²) in [6.07, 6.45) is -7.80. The third-order valence-electron chi connectivity index (χ3n) is 0.820. The van der Waals surface area contributed by atoms with Gasteiger partial charge in [0.05, 0.1) is 6.61 Å². The molecule has 0 bridgehead atoms. The highest BCUT2D eigenvalue weighted by Crippen LogP contribution is 2.20. The van der Waals surface area contributed by atoms with Crippen molar-refractivity contribution in [1.29, 1.82) is 0 Å². The van der Waals surface area contributed by atoms with Gasteiger partial charge in [0.25, 0.3) is 0 Å². The predicted molar refractivity (Wildman–Crippen MR) is 27.7 cm³/mol. The van der Waals surface area contributed by atoms with Gasteiger partial charge in [0, 0.05) is 6.42 Å². The van der Waals surface area contributed by atoms with Crippen LogP contribution in [-0.4, -0.2) is 19.0 Å². The molecule has 0 aromatic carbocycles. The van der Waals surface area contributed by atoms with Crippen molar-refractivity contribution in [2.24, 2.45) is 0 Å². The molecule has 0 amide bonds. The van der Waals surface area contributed by atoms with Gasteiger partial charge < -0.3 is 4.74 Å². The van der Waals surface area contributed by atoms with Crippen molar-refractivity contribution >= 4 is 6.22 Å². The van der Waals surface area contributed by atoms with E-state index in [1.165, 1.54) is 0 Å². The van der Waals surface area contributed by atoms with Gasteiger partial charge in [0.2, 0.25) is 0 Å². The average Bonchev–Trinajstić information content (AvgIpc) is 1.78. The van der Waals surface area contributed by atoms with Crippen LogP contribution >= 0.6 is 0 Å². The zero-order valence-electron chi connectivity index (χ0n) is 5.45. The maximum Gasteiger partial charge on any atom is 0.495 e. The van der Waals surface area contributed by atoms with E-state index >= 15 is 0 Å². The molecule has 0 radical (unpaired) electrons. The first-order chi connectivity index (χ1) is 4.92. The van der Waals surface area contributed by atoms with E-state index in [0.717, 1.165) is 0 Å². The van der Waals surface area contributed by atoms with E-state index in [2.05, 4.69) is 4.74 Å². The zero-order chi connectivity index (χ0) is 8.91. The van der Waals surface area contributed by atoms with E-state index in [1.807, 2.05) is 0 Å². The van der Waals surface area contributed by atoms with E-state index in [1.54, 1.807) is 0 Å². The van der Waals surface area contributed by atoms with E-state index in [4.69, 9.17) is 0 Å². The number of ether oxygens (including phenoxy) is 1. The summed E-state index contributed by atoms with van der Waals surface area (Å²) in [5, 5.41) is 0. The van der Waals surface area contributed by atoms with Crippen LogP contribution in [0.15, 0.2) is 0 Å². The van der Waals surface area contributed by atoms with Crippen molar-refractivity contribution in [2.75, 3.05) is 6.61 Å². The molecule has 0 aliphatic carbocycles. The summed E-state index contributed by atoms with van der Waals surface area (Å²) in [5.41, 5.74) is 0. The minimum Gasteiger partial charge on any atom is -0.440 e. The van der Waals surface area contributed by atoms with Crippen molar-refractivity contribution in [3.8, 4) is 0 Å². The molecule has 0 fully saturated rings. The lowest BCUT2D eigenvalue weighted by atomic mass is 10.3. The van der Waals surface area contributed by atoms with Crippen molar-refractivity contribution in [3.63, 3.8) is 0 Å². The predicted octanol–water partition coefficient (Wildman–Crippen LogP) is 2.44. The Morgan fingerprint density at radius 2 is 1.91 bits per heavy atom. The quantitative estimate of drug-likeness (QED) is 0.373. The average molecular weight is 174 g/mol. The topological polar surface area (TPSA) is 26.3 Å². The fourth-order valence-electron chi connectivity index (χ4n) is 0.425. The smallest absolute Gasteiger partial charge is 0.440 e. The molecule has 11 heavy (non-hydrogen) atoms. The lowest BCUT2D eigenvalue weighted by Gasteiger charge is -2.04. The number of halogens is 4. The molecular weight excluding hydrogens is 168 g/mol. The molecule has 0 unspecified atom stereocenters. The fraction of sp³-hybridized carbons (Fsp3) is 0.800. The van der Waals surface area contributed by atoms with Crippen molar-refractivity contribution in [1.82, 2.24) is 0 Å². The summed E-state index contributed by atoms with van der Waals surface area (Å²) < 4.78 is 48.8. The minimum absolute atomic E-state index is 0.404. The van der Waals surface area contributed by atoms with Crippen LogP contribution in [-0.2, 0) is 4.74 Å². The number of carbonyl (C=O) groups excluding carboxylic acids is 1. The zero-order valence-corrected chi connectivity index (χ0v) is 5.45. The van der Waals surface area contributed by atoms with Crippen molar-refractivity contribution < 1.29 is 27.1 Å². The van der Waals surface area contributed by atoms with Crippen LogP contribution in [0.1, 0.15) is 12.8 Å². The second-order valence-corrected chi connectivity index (χ2v) is 1.80. The molecule has 66 valence electrons. The van der Waals surface area contributed by atoms with Crippen molar-refractivity contribution in [3.05, 3.63) is 0 Å². The van der Waals surface area contributed by atoms with Crippen LogP contribution in [0.5, 0.6) is 0 Å². The summed E-state index contributed by atoms with van der Waals surface area (Å²) in [7, 11) is 0. The van der Waals surface area contributed by atoms with E-state index in [-0.39, 0.29) is 0 Å². The van der Waals surface area contributed by atoms with Crippen LogP contribution in [0.25, 0.3) is 0 Å². The first-order valence-electron chi connectivity index (χ1n) is 2.81. The standard InChI is InChI=1S/C5H6F4O2/c6-4(10)11-3-1-2-5(7,8)9/h1-3H2. The van der Waals surface area contributed by atoms with E-state index < -0.39 is 31.8 Å². The SMILES string of the molecule is O=C(F)OCCCC(F)(F)F. The van der Waals surface area contributed by atoms with Gasteiger partial charge in [-0.25, -0.2) is 4.79 Å². The van der Waals surface area contributed by atoms with Gasteiger partial charge in [-0.3, -0.25) is 0 Å². The van der Waals surface area contributed by atoms with Crippen LogP contribution in [0.4, 0.5) is 22.4 Å². The Hall–Kier alpha value is -0.810. The third kappa shape index (κ3) is 9.19. The molecule has 0 N–H and O–H groups in total. The summed E-state index contributed by atoms with van der Waals surface area (Å²) in [5.74, 6) is 0. The second kappa shape index (κ2) is 4.15. The summed E-state index contributed by atoms with van der Waals surface area (Å²) in [6, 6.07) is 0. The monoisotopic (exact) mass is 174 g/mol. The van der Waals surface area contributed by atoms with Crippen LogP contribution in [0.3, 0.4) is 0 Å². The molecule has 0 aromatic rings. The Morgan fingerprint density at radius 1 is 1.36 bits per heavy atom. The molecule has 0 aromatic heterocycles. The maximum atomic E-state index is 11.3. The van der Waals surface area contributed by atoms with Crippen LogP contribution in [0, 0.1) is 0 Å². The molecule has 0 aliphatic heterocycles. The van der Waals surface area contributed by atoms with Gasteiger partial charge in [-0.05, 0) is 6.42 Å². The Labute approximate surface area is 60.1 Å². The molecule has 0 aliphatic rings. The molecule has 0 saturated carbocycles. The molecular formula is C5H6F4O2. The van der Waals surface area contributed by atoms with Crippen LogP contribution < -0.4 is 0 Å². The summed E-state index contributed by atoms with van der Waals surface area (Å²) >= 11 is 0. The molecule has 0 spiro atoms. The number of carbonyl (C=O) groups is 1. The molecule has 6 heteroatoms. The number of alkyl halides is 3. The highest BCUT2D eigenvalue weighted by molar-refractivity contribution is 5.57. The summed E-state index contributed by atoms with van der Waals surface area (Å²) in [4.78, 5) is 9.40. The lowest BCUT2D eigenvalue weighted by molar-refractivity contribution is -0.137. The van der Waals surface area contributed by atoms with Gasteiger partial charge >= 0.3 is 12.4 Å². The third-order valence-corrected chi connectivity index (χ3v) is 0.820. The van der Waals surface area contributed by atoms with Gasteiger partial charge in [0.1, 0.15) is 0 Å². The van der Waals surface area contributed by atoms with Crippen molar-refractivity contribution in [2.45, 2.75) is 19.0 Å². The fourth-order valence-corrected chi connectivity index (χ4v) is 0.425. The highest BCUT2D eigenvalue weighted by Gasteiger charge is 2.26. The maximum absolute atomic E-state index is 11.3. The minimum atomic E-state index is -4.28. The Kier molecular flexibility index (Phi) is 3.84. The lowest BCUT2D eigenvalue weighted by Crippen LogP contribution is -2.09. The van der Waals surface area contributed by atoms with E-state index in [9.17, 15) is 22.4 Å². The molecule has 0 saturated heterocycles. The molecule has 2 nitrogen and oxygen atoms in total. The normalized spacial score (nSPS) is 11.3. The molecule has 0 rings (SSSR count). The number of hydrogen-bond acceptors (Lipinski definition) is 2. The molecule has 0 atom stereocenters. The first kappa shape index (κ1) is 10.2. The van der Waals surface area contributed by atoms with Gasteiger partial charge in [-0.2, -0.15) is 13.2 Å². The number of hydrogen-bond donors (Lipinski definition) is 0. The summed E-state index contributed by atoms with van der Waals surface area (Å²) in [6.45, 7) is -0.533. The van der Waals surface area contributed by atoms with E-state index in [0.29, 0.717) is 0 Å². The van der Waals surface area contributed by atoms with Gasteiger partial charge in [-0.1, -0.05) is 0 Å². The Bertz CT molecular complexity index is 131.